The van der Waals surface area contributed by atoms with Gasteiger partial charge in [-0.2, -0.15) is 0 Å². The van der Waals surface area contributed by atoms with Crippen LogP contribution in [0.5, 0.6) is 0 Å². The van der Waals surface area contributed by atoms with Crippen LogP contribution in [0.3, 0.4) is 0 Å². The van der Waals surface area contributed by atoms with Gasteiger partial charge in [-0.1, -0.05) is 42.5 Å². The molecular weight excluding hydrogens is 401 g/mol. The Morgan fingerprint density at radius 1 is 0.724 bits per heavy atom. The highest BCUT2D eigenvalue weighted by Crippen LogP contribution is 2.34. The van der Waals surface area contributed by atoms with Gasteiger partial charge >= 0.3 is 0 Å². The monoisotopic (exact) mass is 428 g/mol. The Morgan fingerprint density at radius 3 is 1.97 bits per heavy atom. The van der Waals surface area contributed by atoms with Gasteiger partial charge in [0.15, 0.2) is 0 Å². The summed E-state index contributed by atoms with van der Waals surface area (Å²) in [7, 11) is 8.75. The number of hydrogen-bond donors (Lipinski definition) is 0. The minimum absolute atomic E-state index is 0.244. The van der Waals surface area contributed by atoms with Crippen molar-refractivity contribution in [2.24, 2.45) is 0 Å². The fraction of sp³-hybridized carbons (Fsp3) is 0.250. The maximum Gasteiger partial charge on any atom is 0.132 e. The molecule has 2 unspecified atom stereocenters. The summed E-state index contributed by atoms with van der Waals surface area (Å²) in [6.07, 6.45) is 1.74. The predicted molar refractivity (Wildman–Crippen MR) is 126 cm³/mol. The van der Waals surface area contributed by atoms with Gasteiger partial charge in [-0.15, -0.1) is 18.5 Å². The minimum Gasteiger partial charge on any atom is -0.380 e. The van der Waals surface area contributed by atoms with Gasteiger partial charge in [0.2, 0.25) is 0 Å². The van der Waals surface area contributed by atoms with Gasteiger partial charge < -0.3 is 9.47 Å². The van der Waals surface area contributed by atoms with Crippen LogP contribution in [0.2, 0.25) is 0 Å². The summed E-state index contributed by atoms with van der Waals surface area (Å²) in [5.74, 6) is -0.244. The molecule has 0 saturated carbocycles. The average Bonchev–Trinajstić information content (AvgIpc) is 2.74. The van der Waals surface area contributed by atoms with Gasteiger partial charge in [0, 0.05) is 19.8 Å². The zero-order chi connectivity index (χ0) is 20.8. The SMILES string of the molecule is COCc1cc(CP)ccc1-c1cc(F)c(-c2ccc(CP)cc2)c(COC)c1. The van der Waals surface area contributed by atoms with Crippen LogP contribution in [0.4, 0.5) is 4.39 Å². The molecule has 0 aromatic heterocycles. The molecule has 3 aromatic rings. The Balaban J connectivity index is 2.13. The molecule has 0 fully saturated rings. The molecule has 3 rings (SSSR count). The molecule has 0 saturated heterocycles. The second-order valence-electron chi connectivity index (χ2n) is 6.95. The van der Waals surface area contributed by atoms with Gasteiger partial charge in [-0.25, -0.2) is 4.39 Å². The normalized spacial score (nSPS) is 11.1. The van der Waals surface area contributed by atoms with Gasteiger partial charge in [0.1, 0.15) is 5.82 Å². The van der Waals surface area contributed by atoms with Crippen molar-refractivity contribution in [3.05, 3.63) is 82.7 Å². The van der Waals surface area contributed by atoms with Crippen molar-refractivity contribution in [2.75, 3.05) is 14.2 Å². The third-order valence-corrected chi connectivity index (χ3v) is 5.91. The Labute approximate surface area is 177 Å². The van der Waals surface area contributed by atoms with E-state index in [0.717, 1.165) is 40.1 Å². The third-order valence-electron chi connectivity index (χ3n) is 4.97. The molecular formula is C24H27FO2P2. The number of halogens is 1. The molecule has 0 spiro atoms. The van der Waals surface area contributed by atoms with Crippen LogP contribution in [-0.4, -0.2) is 14.2 Å². The summed E-state index contributed by atoms with van der Waals surface area (Å²) in [5.41, 5.74) is 7.56. The van der Waals surface area contributed by atoms with Crippen molar-refractivity contribution in [3.8, 4) is 22.3 Å². The first-order valence-electron chi connectivity index (χ1n) is 9.53. The van der Waals surface area contributed by atoms with Crippen molar-refractivity contribution in [3.63, 3.8) is 0 Å². The van der Waals surface area contributed by atoms with Gasteiger partial charge in [-0.3, -0.25) is 0 Å². The van der Waals surface area contributed by atoms with Crippen LogP contribution < -0.4 is 0 Å². The van der Waals surface area contributed by atoms with E-state index in [4.69, 9.17) is 9.47 Å². The number of hydrogen-bond acceptors (Lipinski definition) is 2. The van der Waals surface area contributed by atoms with E-state index in [1.54, 1.807) is 20.3 Å². The van der Waals surface area contributed by atoms with E-state index in [-0.39, 0.29) is 5.82 Å². The van der Waals surface area contributed by atoms with Crippen LogP contribution in [0.1, 0.15) is 22.3 Å². The van der Waals surface area contributed by atoms with Crippen LogP contribution >= 0.6 is 18.5 Å². The van der Waals surface area contributed by atoms with E-state index in [0.29, 0.717) is 18.8 Å². The molecule has 0 heterocycles. The smallest absolute Gasteiger partial charge is 0.132 e. The predicted octanol–water partition coefficient (Wildman–Crippen LogP) is 6.20. The molecule has 5 heteroatoms. The summed E-state index contributed by atoms with van der Waals surface area (Å²) < 4.78 is 26.1. The quantitative estimate of drug-likeness (QED) is 0.398. The molecule has 0 radical (unpaired) electrons. The summed E-state index contributed by atoms with van der Waals surface area (Å²) in [6.45, 7) is 0.822. The molecule has 0 bridgehead atoms. The van der Waals surface area contributed by atoms with Gasteiger partial charge in [-0.05, 0) is 63.4 Å². The van der Waals surface area contributed by atoms with Crippen molar-refractivity contribution < 1.29 is 13.9 Å². The second-order valence-corrected chi connectivity index (χ2v) is 7.77. The molecule has 3 aromatic carbocycles. The number of methoxy groups -OCH3 is 2. The minimum atomic E-state index is -0.244. The van der Waals surface area contributed by atoms with Crippen molar-refractivity contribution >= 4 is 18.5 Å². The van der Waals surface area contributed by atoms with Crippen LogP contribution in [0, 0.1) is 5.82 Å². The lowest BCUT2D eigenvalue weighted by Gasteiger charge is -2.16. The maximum absolute atomic E-state index is 15.4. The van der Waals surface area contributed by atoms with Crippen molar-refractivity contribution in [2.45, 2.75) is 25.5 Å². The molecule has 0 N–H and O–H groups in total. The van der Waals surface area contributed by atoms with Crippen molar-refractivity contribution in [1.29, 1.82) is 0 Å². The zero-order valence-electron chi connectivity index (χ0n) is 16.9. The Kier molecular flexibility index (Phi) is 7.92. The Hall–Kier alpha value is -1.63. The molecule has 0 aliphatic carbocycles. The molecule has 29 heavy (non-hydrogen) atoms. The molecule has 0 aliphatic heterocycles. The number of benzene rings is 3. The summed E-state index contributed by atoms with van der Waals surface area (Å²) >= 11 is 0. The fourth-order valence-corrected chi connectivity index (χ4v) is 4.08. The van der Waals surface area contributed by atoms with Crippen LogP contribution in [0.15, 0.2) is 54.6 Å². The Morgan fingerprint density at radius 2 is 1.34 bits per heavy atom. The van der Waals surface area contributed by atoms with E-state index in [1.165, 1.54) is 11.1 Å². The lowest BCUT2D eigenvalue weighted by Crippen LogP contribution is -2.00. The number of ether oxygens (including phenoxy) is 2. The van der Waals surface area contributed by atoms with Gasteiger partial charge in [0.25, 0.3) is 0 Å². The van der Waals surface area contributed by atoms with E-state index >= 15 is 4.39 Å². The van der Waals surface area contributed by atoms with E-state index in [2.05, 4.69) is 30.6 Å². The summed E-state index contributed by atoms with van der Waals surface area (Å²) in [5, 5.41) is 0. The van der Waals surface area contributed by atoms with E-state index in [9.17, 15) is 0 Å². The largest absolute Gasteiger partial charge is 0.380 e. The van der Waals surface area contributed by atoms with Crippen LogP contribution in [-0.2, 0) is 35.0 Å². The van der Waals surface area contributed by atoms with Crippen LogP contribution in [0.25, 0.3) is 22.3 Å². The fourth-order valence-electron chi connectivity index (χ4n) is 3.55. The van der Waals surface area contributed by atoms with Gasteiger partial charge in [0.05, 0.1) is 13.2 Å². The average molecular weight is 428 g/mol. The lowest BCUT2D eigenvalue weighted by molar-refractivity contribution is 0.185. The van der Waals surface area contributed by atoms with E-state index < -0.39 is 0 Å². The maximum atomic E-state index is 15.4. The molecule has 2 atom stereocenters. The summed E-state index contributed by atoms with van der Waals surface area (Å²) in [6, 6.07) is 17.9. The highest BCUT2D eigenvalue weighted by atomic mass is 31.0. The highest BCUT2D eigenvalue weighted by Gasteiger charge is 2.16. The van der Waals surface area contributed by atoms with E-state index in [1.807, 2.05) is 36.4 Å². The highest BCUT2D eigenvalue weighted by molar-refractivity contribution is 7.15. The topological polar surface area (TPSA) is 18.5 Å². The third kappa shape index (κ3) is 5.11. The molecule has 0 amide bonds. The van der Waals surface area contributed by atoms with Crippen molar-refractivity contribution in [1.82, 2.24) is 0 Å². The zero-order valence-corrected chi connectivity index (χ0v) is 19.2. The molecule has 2 nitrogen and oxygen atoms in total. The second kappa shape index (κ2) is 10.4. The first-order chi connectivity index (χ1) is 14.1. The summed E-state index contributed by atoms with van der Waals surface area (Å²) in [4.78, 5) is 0. The first-order valence-corrected chi connectivity index (χ1v) is 11.2. The molecule has 152 valence electrons. The molecule has 0 aliphatic rings. The standard InChI is InChI=1S/C24H27FO2P2/c1-26-12-20-9-17(15-29)5-8-22(20)19-10-21(13-27-2)24(23(25)11-19)18-6-3-16(14-28)4-7-18/h3-11H,12-15,28-29H2,1-2H3. The lowest BCUT2D eigenvalue weighted by atomic mass is 9.92. The Bertz CT molecular complexity index is 971. The number of rotatable bonds is 8. The first kappa shape index (κ1) is 22.1.